The van der Waals surface area contributed by atoms with Crippen LogP contribution in [0.25, 0.3) is 21.5 Å². The topological polar surface area (TPSA) is 158 Å². The van der Waals surface area contributed by atoms with E-state index in [1.807, 2.05) is 42.5 Å². The molecule has 58 heavy (non-hydrogen) atoms. The van der Waals surface area contributed by atoms with Crippen molar-refractivity contribution in [2.75, 3.05) is 18.0 Å². The van der Waals surface area contributed by atoms with E-state index in [-0.39, 0.29) is 45.8 Å². The smallest absolute Gasteiger partial charge is 0.744 e. The number of rotatable bonds is 15. The number of carboxylic acids is 1. The second kappa shape index (κ2) is 17.7. The number of allylic oxidation sites excluding steroid dienone is 6. The van der Waals surface area contributed by atoms with Gasteiger partial charge in [-0.1, -0.05) is 50.3 Å². The first-order valence-corrected chi connectivity index (χ1v) is 21.9. The van der Waals surface area contributed by atoms with Gasteiger partial charge in [-0.15, -0.1) is 12.3 Å². The Labute approximate surface area is 363 Å². The van der Waals surface area contributed by atoms with Crippen molar-refractivity contribution < 1.29 is 70.0 Å². The second-order valence-corrected chi connectivity index (χ2v) is 18.4. The summed E-state index contributed by atoms with van der Waals surface area (Å²) in [6.45, 7) is 9.77. The number of unbranched alkanes of at least 4 members (excludes halogenated alkanes) is 4. The van der Waals surface area contributed by atoms with Crippen molar-refractivity contribution >= 4 is 64.8 Å². The zero-order chi connectivity index (χ0) is 41.3. The number of anilines is 1. The molecule has 1 N–H and O–H groups in total. The molecule has 0 radical (unpaired) electrons. The molecule has 0 bridgehead atoms. The Bertz CT molecular complexity index is 2670. The molecule has 298 valence electrons. The van der Waals surface area contributed by atoms with E-state index in [1.165, 1.54) is 18.2 Å². The molecule has 0 aliphatic carbocycles. The fourth-order valence-corrected chi connectivity index (χ4v) is 9.62. The molecule has 4 aromatic carbocycles. The summed E-state index contributed by atoms with van der Waals surface area (Å²) in [5.74, 6) is 1.88. The average Bonchev–Trinajstić information content (AvgIpc) is 3.48. The summed E-state index contributed by atoms with van der Waals surface area (Å²) in [5.41, 5.74) is 4.90. The number of carbonyl (C=O) groups is 1. The van der Waals surface area contributed by atoms with Crippen LogP contribution in [-0.4, -0.2) is 60.4 Å². The molecule has 2 heterocycles. The van der Waals surface area contributed by atoms with Crippen molar-refractivity contribution in [2.24, 2.45) is 0 Å². The van der Waals surface area contributed by atoms with Crippen LogP contribution in [0.3, 0.4) is 0 Å². The van der Waals surface area contributed by atoms with Crippen LogP contribution < -0.4 is 34.5 Å². The Balaban J connectivity index is 0.00000641. The molecular formula is C45H47N2NaO8S2. The van der Waals surface area contributed by atoms with E-state index in [0.29, 0.717) is 42.1 Å². The van der Waals surface area contributed by atoms with Gasteiger partial charge in [-0.05, 0) is 109 Å². The fraction of sp³-hybridized carbons (Fsp3) is 0.333. The van der Waals surface area contributed by atoms with Crippen molar-refractivity contribution in [3.8, 4) is 12.3 Å². The van der Waals surface area contributed by atoms with E-state index in [0.717, 1.165) is 65.0 Å². The summed E-state index contributed by atoms with van der Waals surface area (Å²) >= 11 is 0. The van der Waals surface area contributed by atoms with Gasteiger partial charge in [0.2, 0.25) is 5.69 Å². The van der Waals surface area contributed by atoms with Crippen molar-refractivity contribution in [2.45, 2.75) is 93.3 Å². The molecule has 2 aliphatic heterocycles. The van der Waals surface area contributed by atoms with Crippen LogP contribution in [0, 0.1) is 12.3 Å². The number of terminal acetylenes is 1. The molecule has 13 heteroatoms. The van der Waals surface area contributed by atoms with E-state index in [1.54, 1.807) is 18.2 Å². The van der Waals surface area contributed by atoms with Gasteiger partial charge in [0.25, 0.3) is 0 Å². The van der Waals surface area contributed by atoms with Gasteiger partial charge >= 0.3 is 35.5 Å². The van der Waals surface area contributed by atoms with Gasteiger partial charge in [0.15, 0.2) is 5.71 Å². The summed E-state index contributed by atoms with van der Waals surface area (Å²) in [7, 11) is -9.33. The molecule has 0 fully saturated rings. The van der Waals surface area contributed by atoms with Crippen molar-refractivity contribution in [1.82, 2.24) is 0 Å². The standard InChI is InChI=1S/C45H48N2O8S2.Na/c1-6-7-8-14-27-47-38-30-32-28-33(56(50,51)52)23-22-31(32)29-36(38)44(2,3)40(47)19-11-9-12-20-41-45(4,5)43-35-17-16-18-39(57(53,54)55)34(35)24-25-37(43)46(41)26-15-10-13-21-42(48)49;/h1,9,11-12,16-20,22-25,28-30H,7-8,10,13-15,21,26-27H2,2-5H3,(H2-,48,49,50,51,52,53,54,55);/q;+1/p-1. The van der Waals surface area contributed by atoms with Crippen LogP contribution in [-0.2, 0) is 35.9 Å². The molecule has 0 spiro atoms. The predicted octanol–water partition coefficient (Wildman–Crippen LogP) is 5.42. The van der Waals surface area contributed by atoms with Gasteiger partial charge in [-0.25, -0.2) is 16.8 Å². The Hall–Kier alpha value is -4.06. The number of benzene rings is 4. The van der Waals surface area contributed by atoms with E-state index >= 15 is 0 Å². The van der Waals surface area contributed by atoms with Gasteiger partial charge in [0.1, 0.15) is 26.8 Å². The molecule has 0 aromatic heterocycles. The molecule has 0 unspecified atom stereocenters. The van der Waals surface area contributed by atoms with Crippen LogP contribution >= 0.6 is 0 Å². The largest absolute Gasteiger partial charge is 1.00 e. The number of fused-ring (bicyclic) bond motifs is 5. The third kappa shape index (κ3) is 9.06. The average molecular weight is 831 g/mol. The normalized spacial score (nSPS) is 16.7. The number of aliphatic carboxylic acids is 1. The van der Waals surface area contributed by atoms with Crippen molar-refractivity contribution in [1.29, 1.82) is 0 Å². The molecule has 0 saturated heterocycles. The molecule has 6 rings (SSSR count). The Morgan fingerprint density at radius 1 is 0.845 bits per heavy atom. The third-order valence-corrected chi connectivity index (χ3v) is 12.9. The van der Waals surface area contributed by atoms with Crippen LogP contribution in [0.1, 0.15) is 83.8 Å². The van der Waals surface area contributed by atoms with Crippen molar-refractivity contribution in [3.63, 3.8) is 0 Å². The summed E-state index contributed by atoms with van der Waals surface area (Å²) in [4.78, 5) is 12.9. The van der Waals surface area contributed by atoms with Crippen LogP contribution in [0.4, 0.5) is 11.4 Å². The summed E-state index contributed by atoms with van der Waals surface area (Å²) in [5, 5.41) is 11.7. The Morgan fingerprint density at radius 2 is 1.60 bits per heavy atom. The molecule has 10 nitrogen and oxygen atoms in total. The maximum atomic E-state index is 12.2. The van der Waals surface area contributed by atoms with Crippen molar-refractivity contribution in [3.05, 3.63) is 108 Å². The van der Waals surface area contributed by atoms with Gasteiger partial charge in [-0.2, -0.15) is 4.58 Å². The van der Waals surface area contributed by atoms with Crippen LogP contribution in [0.15, 0.2) is 107 Å². The monoisotopic (exact) mass is 830 g/mol. The molecule has 2 aliphatic rings. The zero-order valence-corrected chi connectivity index (χ0v) is 37.3. The SMILES string of the molecule is C#CCCCCN1/C(=C/C=C/C=C/C2=[N+](CCCCCC(=O)O)c3ccc4c(S(=O)(=O)[O-])cccc4c3C2(C)C)C(C)(C)c2cc3ccc(S(=O)(=O)[O-])cc3cc21.[Na+]. The first-order valence-electron chi connectivity index (χ1n) is 19.1. The maximum Gasteiger partial charge on any atom is 1.00 e. The Morgan fingerprint density at radius 3 is 2.29 bits per heavy atom. The van der Waals surface area contributed by atoms with Gasteiger partial charge < -0.3 is 19.1 Å². The Kier molecular flexibility index (Phi) is 13.7. The van der Waals surface area contributed by atoms with Gasteiger partial charge in [-0.3, -0.25) is 4.79 Å². The second-order valence-electron chi connectivity index (χ2n) is 15.7. The van der Waals surface area contributed by atoms with E-state index in [9.17, 15) is 30.7 Å². The van der Waals surface area contributed by atoms with E-state index < -0.39 is 37.0 Å². The number of carboxylic acid groups (broad SMARTS) is 1. The minimum Gasteiger partial charge on any atom is -0.744 e. The fourth-order valence-electron chi connectivity index (χ4n) is 8.42. The maximum absolute atomic E-state index is 12.2. The number of hydrogen-bond acceptors (Lipinski definition) is 8. The number of nitrogens with zero attached hydrogens (tertiary/aromatic N) is 2. The molecule has 0 amide bonds. The molecule has 0 saturated carbocycles. The minimum atomic E-state index is -4.71. The summed E-state index contributed by atoms with van der Waals surface area (Å²) in [6.07, 6.45) is 20.1. The molecule has 4 aromatic rings. The first kappa shape index (κ1) is 45.0. The summed E-state index contributed by atoms with van der Waals surface area (Å²) < 4.78 is 74.3. The third-order valence-electron chi connectivity index (χ3n) is 11.2. The van der Waals surface area contributed by atoms with Crippen LogP contribution in [0.2, 0.25) is 0 Å². The quantitative estimate of drug-likeness (QED) is 0.0413. The van der Waals surface area contributed by atoms with E-state index in [2.05, 4.69) is 55.2 Å². The first-order chi connectivity index (χ1) is 26.9. The van der Waals surface area contributed by atoms with E-state index in [4.69, 9.17) is 11.5 Å². The van der Waals surface area contributed by atoms with Gasteiger partial charge in [0.05, 0.1) is 15.2 Å². The summed E-state index contributed by atoms with van der Waals surface area (Å²) in [6, 6.07) is 16.8. The predicted molar refractivity (Wildman–Crippen MR) is 222 cm³/mol. The van der Waals surface area contributed by atoms with Crippen LogP contribution in [0.5, 0.6) is 0 Å². The zero-order valence-electron chi connectivity index (χ0n) is 33.6. The molecular weight excluding hydrogens is 784 g/mol. The number of hydrogen-bond donors (Lipinski definition) is 1. The van der Waals surface area contributed by atoms with Gasteiger partial charge in [0, 0.05) is 60.3 Å². The minimum absolute atomic E-state index is 0. The molecule has 0 atom stereocenters.